The number of hydrogen-bond donors (Lipinski definition) is 3. The molecule has 0 aliphatic heterocycles. The summed E-state index contributed by atoms with van der Waals surface area (Å²) in [4.78, 5) is 25.0. The highest BCUT2D eigenvalue weighted by molar-refractivity contribution is 7.89. The Labute approximate surface area is 244 Å². The third-order valence-electron chi connectivity index (χ3n) is 5.49. The molecular formula is C28H30Cl2N4O5S. The molecule has 0 aliphatic carbocycles. The van der Waals surface area contributed by atoms with Gasteiger partial charge in [-0.25, -0.2) is 13.8 Å². The predicted molar refractivity (Wildman–Crippen MR) is 158 cm³/mol. The molecule has 0 saturated carbocycles. The molecule has 0 aromatic heterocycles. The van der Waals surface area contributed by atoms with E-state index in [1.54, 1.807) is 54.6 Å². The first kappa shape index (κ1) is 31.1. The van der Waals surface area contributed by atoms with Crippen LogP contribution in [0.25, 0.3) is 0 Å². The van der Waals surface area contributed by atoms with Crippen molar-refractivity contribution in [3.8, 4) is 5.75 Å². The van der Waals surface area contributed by atoms with Crippen molar-refractivity contribution in [2.75, 3.05) is 11.9 Å². The largest absolute Gasteiger partial charge is 0.484 e. The Bertz CT molecular complexity index is 1460. The first-order valence-corrected chi connectivity index (χ1v) is 14.6. The molecule has 40 heavy (non-hydrogen) atoms. The first-order chi connectivity index (χ1) is 18.9. The van der Waals surface area contributed by atoms with Crippen molar-refractivity contribution in [2.45, 2.75) is 38.1 Å². The fourth-order valence-electron chi connectivity index (χ4n) is 3.48. The van der Waals surface area contributed by atoms with Crippen molar-refractivity contribution in [1.82, 2.24) is 10.1 Å². The lowest BCUT2D eigenvalue weighted by Crippen LogP contribution is -2.46. The number of hydrogen-bond acceptors (Lipinski definition) is 6. The number of carbonyl (C=O) groups excluding carboxylic acids is 2. The average molecular weight is 606 g/mol. The molecule has 0 fully saturated rings. The Hall–Kier alpha value is -3.44. The summed E-state index contributed by atoms with van der Waals surface area (Å²) in [7, 11) is -3.90. The summed E-state index contributed by atoms with van der Waals surface area (Å²) in [5, 5.41) is 7.39. The van der Waals surface area contributed by atoms with Gasteiger partial charge in [-0.05, 0) is 79.4 Å². The van der Waals surface area contributed by atoms with Crippen molar-refractivity contribution in [2.24, 2.45) is 11.0 Å². The topological polar surface area (TPSA) is 126 Å². The third-order valence-corrected chi connectivity index (χ3v) is 7.55. The number of nitrogens with zero attached hydrogens (tertiary/aromatic N) is 1. The van der Waals surface area contributed by atoms with Gasteiger partial charge < -0.3 is 10.1 Å². The molecule has 3 aromatic rings. The molecule has 0 spiro atoms. The number of carbonyl (C=O) groups is 2. The smallest absolute Gasteiger partial charge is 0.262 e. The first-order valence-electron chi connectivity index (χ1n) is 12.3. The van der Waals surface area contributed by atoms with E-state index in [-0.39, 0.29) is 23.8 Å². The Morgan fingerprint density at radius 2 is 1.68 bits per heavy atom. The molecule has 0 unspecified atom stereocenters. The zero-order chi connectivity index (χ0) is 29.3. The number of rotatable bonds is 12. The summed E-state index contributed by atoms with van der Waals surface area (Å²) < 4.78 is 33.6. The lowest BCUT2D eigenvalue weighted by Gasteiger charge is -2.19. The van der Waals surface area contributed by atoms with Gasteiger partial charge in [0.15, 0.2) is 6.61 Å². The van der Waals surface area contributed by atoms with E-state index < -0.39 is 27.9 Å². The van der Waals surface area contributed by atoms with Crippen LogP contribution in [0.3, 0.4) is 0 Å². The maximum Gasteiger partial charge on any atom is 0.262 e. The highest BCUT2D eigenvalue weighted by atomic mass is 35.5. The number of ether oxygens (including phenoxy) is 1. The van der Waals surface area contributed by atoms with E-state index in [4.69, 9.17) is 27.9 Å². The number of hydrazone groups is 1. The fraction of sp³-hybridized carbons (Fsp3) is 0.250. The number of halogens is 2. The number of benzene rings is 3. The zero-order valence-corrected chi connectivity index (χ0v) is 24.5. The van der Waals surface area contributed by atoms with Crippen LogP contribution in [0.2, 0.25) is 10.0 Å². The SMILES string of the molecule is Cc1ccc(S(=O)(=O)N[C@@H](CC(C)C)C(=O)N/N=C\c2ccc(OCC(=O)Nc3cc(Cl)ccc3Cl)cc2)cc1. The fourth-order valence-corrected chi connectivity index (χ4v) is 5.02. The van der Waals surface area contributed by atoms with E-state index in [2.05, 4.69) is 20.6 Å². The van der Waals surface area contributed by atoms with Crippen LogP contribution in [-0.2, 0) is 19.6 Å². The minimum Gasteiger partial charge on any atom is -0.484 e. The van der Waals surface area contributed by atoms with Crippen molar-refractivity contribution in [3.05, 3.63) is 87.9 Å². The molecule has 3 N–H and O–H groups in total. The lowest BCUT2D eigenvalue weighted by molar-refractivity contribution is -0.123. The standard InChI is InChI=1S/C28H30Cl2N4O5S/c1-18(2)14-26(34-40(37,38)23-11-4-19(3)5-12-23)28(36)33-31-16-20-6-9-22(10-7-20)39-17-27(35)32-25-15-21(29)8-13-24(25)30/h4-13,15-16,18,26,34H,14,17H2,1-3H3,(H,32,35)(H,33,36)/b31-16-/t26-/m0/s1. The van der Waals surface area contributed by atoms with Crippen LogP contribution >= 0.6 is 23.2 Å². The highest BCUT2D eigenvalue weighted by Crippen LogP contribution is 2.25. The summed E-state index contributed by atoms with van der Waals surface area (Å²) in [5.41, 5.74) is 4.36. The summed E-state index contributed by atoms with van der Waals surface area (Å²) in [5.74, 6) is -0.494. The van der Waals surface area contributed by atoms with Gasteiger partial charge in [0, 0.05) is 5.02 Å². The molecule has 0 saturated heterocycles. The van der Waals surface area contributed by atoms with Crippen LogP contribution in [0.5, 0.6) is 5.75 Å². The van der Waals surface area contributed by atoms with Crippen LogP contribution in [0.4, 0.5) is 5.69 Å². The molecule has 12 heteroatoms. The van der Waals surface area contributed by atoms with Gasteiger partial charge in [0.05, 0.1) is 21.8 Å². The molecule has 2 amide bonds. The van der Waals surface area contributed by atoms with Gasteiger partial charge in [-0.3, -0.25) is 9.59 Å². The minimum absolute atomic E-state index is 0.0533. The predicted octanol–water partition coefficient (Wildman–Crippen LogP) is 5.16. The Kier molecular flexibility index (Phi) is 11.1. The summed E-state index contributed by atoms with van der Waals surface area (Å²) >= 11 is 12.0. The Morgan fingerprint density at radius 1 is 1.00 bits per heavy atom. The molecule has 1 atom stereocenters. The lowest BCUT2D eigenvalue weighted by atomic mass is 10.0. The Morgan fingerprint density at radius 3 is 2.33 bits per heavy atom. The number of aryl methyl sites for hydroxylation is 1. The molecule has 3 aromatic carbocycles. The monoisotopic (exact) mass is 604 g/mol. The quantitative estimate of drug-likeness (QED) is 0.194. The van der Waals surface area contributed by atoms with Gasteiger partial charge in [-0.2, -0.15) is 9.82 Å². The molecular weight excluding hydrogens is 575 g/mol. The van der Waals surface area contributed by atoms with Crippen LogP contribution in [0, 0.1) is 12.8 Å². The van der Waals surface area contributed by atoms with Gasteiger partial charge in [0.2, 0.25) is 10.0 Å². The van der Waals surface area contributed by atoms with Gasteiger partial charge in [0.1, 0.15) is 11.8 Å². The van der Waals surface area contributed by atoms with Gasteiger partial charge in [0.25, 0.3) is 11.8 Å². The summed E-state index contributed by atoms with van der Waals surface area (Å²) in [6.07, 6.45) is 1.70. The maximum absolute atomic E-state index is 12.8. The number of nitrogens with one attached hydrogen (secondary N) is 3. The molecule has 0 heterocycles. The second-order valence-electron chi connectivity index (χ2n) is 9.38. The molecule has 212 valence electrons. The molecule has 0 bridgehead atoms. The van der Waals surface area contributed by atoms with E-state index in [0.717, 1.165) is 5.56 Å². The van der Waals surface area contributed by atoms with Crippen LogP contribution in [-0.4, -0.2) is 39.1 Å². The second kappa shape index (κ2) is 14.3. The van der Waals surface area contributed by atoms with Crippen LogP contribution in [0.15, 0.2) is 76.7 Å². The van der Waals surface area contributed by atoms with E-state index >= 15 is 0 Å². The van der Waals surface area contributed by atoms with E-state index in [1.807, 2.05) is 20.8 Å². The number of amides is 2. The van der Waals surface area contributed by atoms with E-state index in [9.17, 15) is 18.0 Å². The van der Waals surface area contributed by atoms with Crippen LogP contribution < -0.4 is 20.2 Å². The highest BCUT2D eigenvalue weighted by Gasteiger charge is 2.26. The normalized spacial score (nSPS) is 12.3. The second-order valence-corrected chi connectivity index (χ2v) is 11.9. The van der Waals surface area contributed by atoms with E-state index in [0.29, 0.717) is 27.0 Å². The molecule has 0 aliphatic rings. The number of anilines is 1. The molecule has 9 nitrogen and oxygen atoms in total. The minimum atomic E-state index is -3.90. The van der Waals surface area contributed by atoms with Gasteiger partial charge >= 0.3 is 0 Å². The van der Waals surface area contributed by atoms with Crippen molar-refractivity contribution >= 4 is 56.9 Å². The van der Waals surface area contributed by atoms with E-state index in [1.165, 1.54) is 18.3 Å². The maximum atomic E-state index is 12.8. The zero-order valence-electron chi connectivity index (χ0n) is 22.1. The van der Waals surface area contributed by atoms with Crippen molar-refractivity contribution in [3.63, 3.8) is 0 Å². The molecule has 3 rings (SSSR count). The summed E-state index contributed by atoms with van der Waals surface area (Å²) in [6, 6.07) is 16.7. The van der Waals surface area contributed by atoms with Crippen molar-refractivity contribution in [1.29, 1.82) is 0 Å². The Balaban J connectivity index is 1.54. The van der Waals surface area contributed by atoms with Crippen molar-refractivity contribution < 1.29 is 22.7 Å². The van der Waals surface area contributed by atoms with Crippen LogP contribution in [0.1, 0.15) is 31.4 Å². The molecule has 0 radical (unpaired) electrons. The average Bonchev–Trinajstić information content (AvgIpc) is 2.89. The van der Waals surface area contributed by atoms with Gasteiger partial charge in [-0.15, -0.1) is 0 Å². The summed E-state index contributed by atoms with van der Waals surface area (Å²) in [6.45, 7) is 5.39. The third kappa shape index (κ3) is 9.63. The number of sulfonamides is 1. The van der Waals surface area contributed by atoms with Gasteiger partial charge in [-0.1, -0.05) is 54.7 Å².